The van der Waals surface area contributed by atoms with Gasteiger partial charge >= 0.3 is 12.1 Å². The number of halogens is 3. The molecule has 2 aliphatic heterocycles. The maximum absolute atomic E-state index is 10.6. The van der Waals surface area contributed by atoms with E-state index in [-0.39, 0.29) is 0 Å². The van der Waals surface area contributed by atoms with Gasteiger partial charge < -0.3 is 15.2 Å². The van der Waals surface area contributed by atoms with E-state index in [0.717, 1.165) is 5.75 Å². The van der Waals surface area contributed by atoms with Gasteiger partial charge in [-0.25, -0.2) is 4.79 Å². The number of carboxylic acids is 1. The van der Waals surface area contributed by atoms with Crippen LogP contribution in [0.1, 0.15) is 31.2 Å². The molecule has 0 saturated carbocycles. The van der Waals surface area contributed by atoms with Crippen LogP contribution in [-0.4, -0.2) is 35.4 Å². The SMILES string of the molecule is Cc1cccc(O[C@@H]2C[C@H]3CC[C@@H](C2)N3)c1.O=C(O)C(F)(F)F. The largest absolute Gasteiger partial charge is 0.490 e. The van der Waals surface area contributed by atoms with Crippen molar-refractivity contribution >= 4 is 5.97 Å². The molecule has 2 N–H and O–H groups in total. The molecular weight excluding hydrogens is 311 g/mol. The Morgan fingerprint density at radius 3 is 2.30 bits per heavy atom. The summed E-state index contributed by atoms with van der Waals surface area (Å²) < 4.78 is 37.8. The van der Waals surface area contributed by atoms with Crippen LogP contribution in [-0.2, 0) is 4.79 Å². The Bertz CT molecular complexity index is 536. The first-order valence-electron chi connectivity index (χ1n) is 7.53. The molecule has 23 heavy (non-hydrogen) atoms. The molecule has 4 nitrogen and oxygen atoms in total. The number of hydrogen-bond donors (Lipinski definition) is 2. The van der Waals surface area contributed by atoms with Crippen LogP contribution in [0.4, 0.5) is 13.2 Å². The topological polar surface area (TPSA) is 58.6 Å². The molecule has 2 bridgehead atoms. The third-order valence-electron chi connectivity index (χ3n) is 3.96. The number of hydrogen-bond acceptors (Lipinski definition) is 3. The molecule has 1 aromatic carbocycles. The molecule has 7 heteroatoms. The van der Waals surface area contributed by atoms with Crippen molar-refractivity contribution in [2.75, 3.05) is 0 Å². The first-order valence-corrected chi connectivity index (χ1v) is 7.53. The van der Waals surface area contributed by atoms with E-state index in [2.05, 4.69) is 36.5 Å². The zero-order valence-electron chi connectivity index (χ0n) is 12.8. The number of ether oxygens (including phenoxy) is 1. The van der Waals surface area contributed by atoms with Gasteiger partial charge in [0.2, 0.25) is 0 Å². The maximum Gasteiger partial charge on any atom is 0.490 e. The number of alkyl halides is 3. The number of benzene rings is 1. The molecule has 2 heterocycles. The summed E-state index contributed by atoms with van der Waals surface area (Å²) in [5.41, 5.74) is 1.27. The minimum Gasteiger partial charge on any atom is -0.490 e. The van der Waals surface area contributed by atoms with E-state index in [9.17, 15) is 13.2 Å². The van der Waals surface area contributed by atoms with Gasteiger partial charge in [-0.2, -0.15) is 13.2 Å². The predicted molar refractivity (Wildman–Crippen MR) is 78.5 cm³/mol. The number of rotatable bonds is 2. The Balaban J connectivity index is 0.000000236. The van der Waals surface area contributed by atoms with Crippen molar-refractivity contribution in [1.29, 1.82) is 0 Å². The van der Waals surface area contributed by atoms with Crippen molar-refractivity contribution < 1.29 is 27.8 Å². The second kappa shape index (κ2) is 7.21. The van der Waals surface area contributed by atoms with Gasteiger partial charge in [-0.05, 0) is 50.3 Å². The first kappa shape index (κ1) is 17.6. The smallest absolute Gasteiger partial charge is 0.490 e. The van der Waals surface area contributed by atoms with Crippen LogP contribution in [0.2, 0.25) is 0 Å². The average Bonchev–Trinajstić information content (AvgIpc) is 2.77. The van der Waals surface area contributed by atoms with Crippen molar-refractivity contribution in [2.24, 2.45) is 0 Å². The van der Waals surface area contributed by atoms with E-state index < -0.39 is 12.1 Å². The van der Waals surface area contributed by atoms with Gasteiger partial charge in [0.05, 0.1) is 0 Å². The van der Waals surface area contributed by atoms with E-state index in [4.69, 9.17) is 14.6 Å². The lowest BCUT2D eigenvalue weighted by atomic mass is 10.0. The maximum atomic E-state index is 10.6. The lowest BCUT2D eigenvalue weighted by molar-refractivity contribution is -0.192. The summed E-state index contributed by atoms with van der Waals surface area (Å²) in [6, 6.07) is 9.78. The zero-order chi connectivity index (χ0) is 17.0. The van der Waals surface area contributed by atoms with Crippen molar-refractivity contribution in [3.05, 3.63) is 29.8 Å². The fraction of sp³-hybridized carbons (Fsp3) is 0.562. The lowest BCUT2D eigenvalue weighted by Gasteiger charge is -2.29. The highest BCUT2D eigenvalue weighted by Crippen LogP contribution is 2.29. The van der Waals surface area contributed by atoms with Crippen molar-refractivity contribution in [1.82, 2.24) is 5.32 Å². The molecule has 128 valence electrons. The Morgan fingerprint density at radius 2 is 1.83 bits per heavy atom. The van der Waals surface area contributed by atoms with E-state index in [1.165, 1.54) is 31.2 Å². The van der Waals surface area contributed by atoms with Crippen LogP contribution in [0.5, 0.6) is 5.75 Å². The van der Waals surface area contributed by atoms with E-state index in [1.807, 2.05) is 0 Å². The summed E-state index contributed by atoms with van der Waals surface area (Å²) in [6.45, 7) is 2.11. The number of carbonyl (C=O) groups is 1. The van der Waals surface area contributed by atoms with Crippen LogP contribution in [0.15, 0.2) is 24.3 Å². The van der Waals surface area contributed by atoms with Gasteiger partial charge in [-0.3, -0.25) is 0 Å². The summed E-state index contributed by atoms with van der Waals surface area (Å²) in [6.07, 6.45) is 0.339. The molecular formula is C16H20F3NO3. The van der Waals surface area contributed by atoms with Crippen molar-refractivity contribution in [3.63, 3.8) is 0 Å². The van der Waals surface area contributed by atoms with Crippen LogP contribution in [0, 0.1) is 6.92 Å². The molecule has 0 radical (unpaired) electrons. The number of aryl methyl sites for hydroxylation is 1. The summed E-state index contributed by atoms with van der Waals surface area (Å²) in [5, 5.41) is 10.8. The molecule has 3 atom stereocenters. The quantitative estimate of drug-likeness (QED) is 0.873. The van der Waals surface area contributed by atoms with E-state index in [1.54, 1.807) is 0 Å². The highest BCUT2D eigenvalue weighted by Gasteiger charge is 2.38. The Labute approximate surface area is 132 Å². The Hall–Kier alpha value is -1.76. The van der Waals surface area contributed by atoms with Gasteiger partial charge in [-0.15, -0.1) is 0 Å². The predicted octanol–water partition coefficient (Wildman–Crippen LogP) is 3.29. The lowest BCUT2D eigenvalue weighted by Crippen LogP contribution is -2.42. The summed E-state index contributed by atoms with van der Waals surface area (Å²) in [4.78, 5) is 8.90. The van der Waals surface area contributed by atoms with Crippen LogP contribution in [0.3, 0.4) is 0 Å². The van der Waals surface area contributed by atoms with Gasteiger partial charge in [0.1, 0.15) is 11.9 Å². The highest BCUT2D eigenvalue weighted by molar-refractivity contribution is 5.73. The standard InChI is InChI=1S/C14H19NO.C2HF3O2/c1-10-3-2-4-13(7-10)16-14-8-11-5-6-12(9-14)15-11;3-2(4,5)1(6)7/h2-4,7,11-12,14-15H,5-6,8-9H2,1H3;(H,6,7)/t11-,12+,14-;. The van der Waals surface area contributed by atoms with Gasteiger partial charge in [-0.1, -0.05) is 12.1 Å². The third-order valence-corrected chi connectivity index (χ3v) is 3.96. The number of fused-ring (bicyclic) bond motifs is 2. The molecule has 3 rings (SSSR count). The van der Waals surface area contributed by atoms with Crippen LogP contribution < -0.4 is 10.1 Å². The molecule has 2 saturated heterocycles. The normalized spacial score (nSPS) is 26.2. The fourth-order valence-electron chi connectivity index (χ4n) is 2.98. The van der Waals surface area contributed by atoms with Crippen LogP contribution in [0.25, 0.3) is 0 Å². The molecule has 0 amide bonds. The Morgan fingerprint density at radius 1 is 1.26 bits per heavy atom. The molecule has 0 unspecified atom stereocenters. The summed E-state index contributed by atoms with van der Waals surface area (Å²) >= 11 is 0. The summed E-state index contributed by atoms with van der Waals surface area (Å²) in [5.74, 6) is -1.72. The highest BCUT2D eigenvalue weighted by atomic mass is 19.4. The number of aliphatic carboxylic acids is 1. The number of nitrogens with one attached hydrogen (secondary N) is 1. The Kier molecular flexibility index (Phi) is 5.51. The second-order valence-corrected chi connectivity index (χ2v) is 5.97. The average molecular weight is 331 g/mol. The molecule has 0 aliphatic carbocycles. The molecule has 0 aromatic heterocycles. The molecule has 1 aromatic rings. The first-order chi connectivity index (χ1) is 10.7. The number of carboxylic acid groups (broad SMARTS) is 1. The third kappa shape index (κ3) is 5.42. The van der Waals surface area contributed by atoms with Gasteiger partial charge in [0.15, 0.2) is 0 Å². The van der Waals surface area contributed by atoms with Gasteiger partial charge in [0.25, 0.3) is 0 Å². The zero-order valence-corrected chi connectivity index (χ0v) is 12.8. The minimum absolute atomic E-state index is 0.417. The molecule has 2 aliphatic rings. The van der Waals surface area contributed by atoms with Gasteiger partial charge in [0, 0.05) is 12.1 Å². The van der Waals surface area contributed by atoms with E-state index in [0.29, 0.717) is 18.2 Å². The van der Waals surface area contributed by atoms with E-state index >= 15 is 0 Å². The molecule has 2 fully saturated rings. The number of piperidine rings is 1. The fourth-order valence-corrected chi connectivity index (χ4v) is 2.98. The van der Waals surface area contributed by atoms with Crippen LogP contribution >= 0.6 is 0 Å². The van der Waals surface area contributed by atoms with Crippen molar-refractivity contribution in [2.45, 2.75) is 57.0 Å². The summed E-state index contributed by atoms with van der Waals surface area (Å²) in [7, 11) is 0. The minimum atomic E-state index is -5.08. The monoisotopic (exact) mass is 331 g/mol. The second-order valence-electron chi connectivity index (χ2n) is 5.97. The molecule has 0 spiro atoms. The van der Waals surface area contributed by atoms with Crippen molar-refractivity contribution in [3.8, 4) is 5.75 Å².